The summed E-state index contributed by atoms with van der Waals surface area (Å²) < 4.78 is 2.09. The van der Waals surface area contributed by atoms with Gasteiger partial charge in [-0.05, 0) is 5.41 Å². The quantitative estimate of drug-likeness (QED) is 0.802. The second-order valence-corrected chi connectivity index (χ2v) is 5.68. The molecule has 5 nitrogen and oxygen atoms in total. The predicted octanol–water partition coefficient (Wildman–Crippen LogP) is 1.45. The monoisotopic (exact) mass is 236 g/mol. The number of carbonyl (C=O) groups excluding carboxylic acids is 1. The third-order valence-corrected chi connectivity index (χ3v) is 2.80. The summed E-state index contributed by atoms with van der Waals surface area (Å²) in [4.78, 5) is 18.0. The zero-order valence-corrected chi connectivity index (χ0v) is 10.7. The second-order valence-electron chi connectivity index (χ2n) is 5.68. The number of urea groups is 1. The Kier molecular flexibility index (Phi) is 3.09. The molecule has 0 atom stereocenters. The summed E-state index contributed by atoms with van der Waals surface area (Å²) >= 11 is 0. The van der Waals surface area contributed by atoms with Crippen LogP contribution in [0.1, 0.15) is 26.6 Å². The van der Waals surface area contributed by atoms with E-state index in [1.165, 1.54) is 0 Å². The highest BCUT2D eigenvalue weighted by Crippen LogP contribution is 2.12. The van der Waals surface area contributed by atoms with Crippen LogP contribution in [-0.4, -0.2) is 33.6 Å². The third-order valence-electron chi connectivity index (χ3n) is 2.80. The summed E-state index contributed by atoms with van der Waals surface area (Å²) in [6.07, 6.45) is 3.74. The minimum atomic E-state index is 0.00850. The van der Waals surface area contributed by atoms with Crippen molar-refractivity contribution < 1.29 is 4.79 Å². The first-order valence-corrected chi connectivity index (χ1v) is 5.98. The van der Waals surface area contributed by atoms with Crippen LogP contribution in [-0.2, 0) is 13.1 Å². The molecule has 1 aromatic rings. The number of nitrogens with zero attached hydrogens (tertiary/aromatic N) is 3. The van der Waals surface area contributed by atoms with Gasteiger partial charge in [0.2, 0.25) is 0 Å². The lowest BCUT2D eigenvalue weighted by atomic mass is 9.97. The van der Waals surface area contributed by atoms with Crippen molar-refractivity contribution in [1.29, 1.82) is 0 Å². The average molecular weight is 236 g/mol. The number of fused-ring (bicyclic) bond motifs is 1. The number of imidazole rings is 1. The molecular weight excluding hydrogens is 216 g/mol. The van der Waals surface area contributed by atoms with Crippen LogP contribution in [0.25, 0.3) is 0 Å². The van der Waals surface area contributed by atoms with E-state index < -0.39 is 0 Å². The molecule has 0 saturated carbocycles. The molecule has 0 fully saturated rings. The summed E-state index contributed by atoms with van der Waals surface area (Å²) in [6, 6.07) is 0.00850. The van der Waals surface area contributed by atoms with Crippen LogP contribution in [0.3, 0.4) is 0 Å². The van der Waals surface area contributed by atoms with Crippen molar-refractivity contribution >= 4 is 6.03 Å². The second kappa shape index (κ2) is 4.39. The van der Waals surface area contributed by atoms with Crippen LogP contribution < -0.4 is 5.32 Å². The molecule has 5 heteroatoms. The number of aromatic nitrogens is 2. The fourth-order valence-corrected chi connectivity index (χ4v) is 1.80. The largest absolute Gasteiger partial charge is 0.337 e. The van der Waals surface area contributed by atoms with Gasteiger partial charge in [0.05, 0.1) is 6.54 Å². The number of nitrogens with one attached hydrogen (secondary N) is 1. The highest BCUT2D eigenvalue weighted by Gasteiger charge is 2.22. The van der Waals surface area contributed by atoms with E-state index >= 15 is 0 Å². The molecule has 94 valence electrons. The Labute approximate surface area is 102 Å². The van der Waals surface area contributed by atoms with Crippen molar-refractivity contribution in [2.24, 2.45) is 5.41 Å². The summed E-state index contributed by atoms with van der Waals surface area (Å²) in [5, 5.41) is 2.97. The number of hydrogen-bond acceptors (Lipinski definition) is 2. The summed E-state index contributed by atoms with van der Waals surface area (Å²) in [5.41, 5.74) is 0.115. The van der Waals surface area contributed by atoms with Gasteiger partial charge in [0.1, 0.15) is 5.82 Å². The van der Waals surface area contributed by atoms with Gasteiger partial charge < -0.3 is 14.8 Å². The van der Waals surface area contributed by atoms with Gasteiger partial charge in [0, 0.05) is 32.0 Å². The number of amides is 2. The van der Waals surface area contributed by atoms with E-state index in [2.05, 4.69) is 35.6 Å². The summed E-state index contributed by atoms with van der Waals surface area (Å²) in [6.45, 7) is 9.19. The highest BCUT2D eigenvalue weighted by atomic mass is 16.2. The fourth-order valence-electron chi connectivity index (χ4n) is 1.80. The Balaban J connectivity index is 1.90. The normalized spacial score (nSPS) is 15.6. The first-order chi connectivity index (χ1) is 7.96. The molecule has 2 amide bonds. The Morgan fingerprint density at radius 1 is 1.47 bits per heavy atom. The maximum absolute atomic E-state index is 12.0. The first kappa shape index (κ1) is 12.0. The van der Waals surface area contributed by atoms with Crippen LogP contribution in [0, 0.1) is 5.41 Å². The van der Waals surface area contributed by atoms with Crippen LogP contribution in [0.5, 0.6) is 0 Å². The Bertz CT molecular complexity index is 405. The van der Waals surface area contributed by atoms with Crippen molar-refractivity contribution in [2.75, 3.05) is 13.1 Å². The highest BCUT2D eigenvalue weighted by molar-refractivity contribution is 5.74. The smallest absolute Gasteiger partial charge is 0.317 e. The summed E-state index contributed by atoms with van der Waals surface area (Å²) in [7, 11) is 0. The van der Waals surface area contributed by atoms with Gasteiger partial charge in [-0.25, -0.2) is 9.78 Å². The van der Waals surface area contributed by atoms with Gasteiger partial charge in [0.15, 0.2) is 0 Å². The molecule has 2 heterocycles. The van der Waals surface area contributed by atoms with E-state index in [1.807, 2.05) is 11.1 Å². The van der Waals surface area contributed by atoms with E-state index in [9.17, 15) is 4.79 Å². The molecule has 1 N–H and O–H groups in total. The zero-order chi connectivity index (χ0) is 12.5. The third kappa shape index (κ3) is 2.99. The van der Waals surface area contributed by atoms with Gasteiger partial charge in [-0.15, -0.1) is 0 Å². The van der Waals surface area contributed by atoms with Crippen molar-refractivity contribution in [1.82, 2.24) is 19.8 Å². The molecule has 0 aromatic carbocycles. The zero-order valence-electron chi connectivity index (χ0n) is 10.7. The molecule has 0 saturated heterocycles. The SMILES string of the molecule is CC(C)(C)CNC(=O)N1CCn2ccnc2C1. The minimum absolute atomic E-state index is 0.00850. The maximum Gasteiger partial charge on any atom is 0.317 e. The van der Waals surface area contributed by atoms with Crippen molar-refractivity contribution in [3.05, 3.63) is 18.2 Å². The molecule has 17 heavy (non-hydrogen) atoms. The van der Waals surface area contributed by atoms with Crippen LogP contribution in [0.2, 0.25) is 0 Å². The molecule has 1 aliphatic rings. The van der Waals surface area contributed by atoms with Crippen molar-refractivity contribution in [2.45, 2.75) is 33.9 Å². The standard InChI is InChI=1S/C12H20N4O/c1-12(2,3)9-14-11(17)16-7-6-15-5-4-13-10(15)8-16/h4-5H,6-9H2,1-3H3,(H,14,17). The maximum atomic E-state index is 12.0. The van der Waals surface area contributed by atoms with Crippen LogP contribution in [0.15, 0.2) is 12.4 Å². The van der Waals surface area contributed by atoms with E-state index in [-0.39, 0.29) is 11.4 Å². The lowest BCUT2D eigenvalue weighted by Crippen LogP contribution is -2.46. The lowest BCUT2D eigenvalue weighted by molar-refractivity contribution is 0.178. The number of carbonyl (C=O) groups is 1. The fraction of sp³-hybridized carbons (Fsp3) is 0.667. The molecule has 1 aliphatic heterocycles. The average Bonchev–Trinajstić information content (AvgIpc) is 2.71. The van der Waals surface area contributed by atoms with E-state index in [0.717, 1.165) is 18.9 Å². The molecule has 0 spiro atoms. The van der Waals surface area contributed by atoms with Gasteiger partial charge >= 0.3 is 6.03 Å². The van der Waals surface area contributed by atoms with Gasteiger partial charge in [-0.2, -0.15) is 0 Å². The van der Waals surface area contributed by atoms with Crippen LogP contribution >= 0.6 is 0 Å². The topological polar surface area (TPSA) is 50.2 Å². The molecular formula is C12H20N4O. The van der Waals surface area contributed by atoms with E-state index in [4.69, 9.17) is 0 Å². The molecule has 0 aliphatic carbocycles. The Morgan fingerprint density at radius 3 is 2.94 bits per heavy atom. The van der Waals surface area contributed by atoms with Gasteiger partial charge in [-0.1, -0.05) is 20.8 Å². The van der Waals surface area contributed by atoms with E-state index in [1.54, 1.807) is 6.20 Å². The molecule has 0 unspecified atom stereocenters. The summed E-state index contributed by atoms with van der Waals surface area (Å²) in [5.74, 6) is 0.960. The lowest BCUT2D eigenvalue weighted by Gasteiger charge is -2.29. The van der Waals surface area contributed by atoms with Crippen LogP contribution in [0.4, 0.5) is 4.79 Å². The number of hydrogen-bond donors (Lipinski definition) is 1. The van der Waals surface area contributed by atoms with Gasteiger partial charge in [0.25, 0.3) is 0 Å². The Hall–Kier alpha value is -1.52. The first-order valence-electron chi connectivity index (χ1n) is 5.98. The van der Waals surface area contributed by atoms with Crippen molar-refractivity contribution in [3.8, 4) is 0 Å². The molecule has 0 radical (unpaired) electrons. The Morgan fingerprint density at radius 2 is 2.24 bits per heavy atom. The van der Waals surface area contributed by atoms with E-state index in [0.29, 0.717) is 13.1 Å². The molecule has 2 rings (SSSR count). The van der Waals surface area contributed by atoms with Crippen molar-refractivity contribution in [3.63, 3.8) is 0 Å². The number of rotatable bonds is 1. The van der Waals surface area contributed by atoms with Gasteiger partial charge in [-0.3, -0.25) is 0 Å². The predicted molar refractivity (Wildman–Crippen MR) is 65.5 cm³/mol. The molecule has 1 aromatic heterocycles. The molecule has 0 bridgehead atoms. The minimum Gasteiger partial charge on any atom is -0.337 e.